The molecule has 18 heavy (non-hydrogen) atoms. The first-order chi connectivity index (χ1) is 8.45. The van der Waals surface area contributed by atoms with Crippen LogP contribution in [0.25, 0.3) is 0 Å². The normalized spacial score (nSPS) is 28.1. The minimum atomic E-state index is -0.765. The molecule has 0 aromatic heterocycles. The molecule has 2 N–H and O–H groups in total. The molecule has 0 saturated carbocycles. The van der Waals surface area contributed by atoms with Gasteiger partial charge in [0, 0.05) is 30.7 Å². The molecule has 1 aromatic carbocycles. The molecule has 0 radical (unpaired) electrons. The molecule has 1 fully saturated rings. The van der Waals surface area contributed by atoms with Gasteiger partial charge in [-0.1, -0.05) is 0 Å². The van der Waals surface area contributed by atoms with Gasteiger partial charge >= 0.3 is 0 Å². The van der Waals surface area contributed by atoms with Gasteiger partial charge in [0.2, 0.25) is 0 Å². The number of rotatable bonds is 2. The Labute approximate surface area is 105 Å². The van der Waals surface area contributed by atoms with E-state index in [4.69, 9.17) is 15.2 Å². The number of anilines is 1. The van der Waals surface area contributed by atoms with Crippen molar-refractivity contribution in [3.8, 4) is 5.75 Å². The predicted molar refractivity (Wildman–Crippen MR) is 64.4 cm³/mol. The van der Waals surface area contributed by atoms with Gasteiger partial charge in [0.05, 0.1) is 12.2 Å². The molecule has 3 nitrogen and oxygen atoms in total. The monoisotopic (exact) mass is 257 g/mol. The van der Waals surface area contributed by atoms with Gasteiger partial charge in [-0.2, -0.15) is 0 Å². The highest BCUT2D eigenvalue weighted by molar-refractivity contribution is 5.44. The number of hydrogen-bond donors (Lipinski definition) is 1. The van der Waals surface area contributed by atoms with Crippen LogP contribution in [0.2, 0.25) is 0 Å². The van der Waals surface area contributed by atoms with E-state index in [0.29, 0.717) is 12.8 Å². The van der Waals surface area contributed by atoms with E-state index in [0.717, 1.165) is 12.1 Å². The molecule has 0 aliphatic carbocycles. The first-order valence-corrected chi connectivity index (χ1v) is 6.02. The van der Waals surface area contributed by atoms with Crippen LogP contribution in [0, 0.1) is 11.6 Å². The van der Waals surface area contributed by atoms with Gasteiger partial charge in [-0.15, -0.1) is 0 Å². The summed E-state index contributed by atoms with van der Waals surface area (Å²) in [5, 5.41) is 0. The molecule has 1 aromatic rings. The Morgan fingerprint density at radius 2 is 1.67 bits per heavy atom. The topological polar surface area (TPSA) is 44.5 Å². The van der Waals surface area contributed by atoms with Crippen molar-refractivity contribution in [2.75, 3.05) is 5.73 Å². The Balaban J connectivity index is 2.14. The van der Waals surface area contributed by atoms with Crippen LogP contribution in [-0.4, -0.2) is 18.3 Å². The van der Waals surface area contributed by atoms with Gasteiger partial charge in [0.1, 0.15) is 6.10 Å². The van der Waals surface area contributed by atoms with Crippen molar-refractivity contribution in [1.29, 1.82) is 0 Å². The molecule has 100 valence electrons. The first kappa shape index (κ1) is 13.1. The van der Waals surface area contributed by atoms with Crippen molar-refractivity contribution in [3.05, 3.63) is 23.8 Å². The molecule has 0 bridgehead atoms. The molecule has 1 heterocycles. The van der Waals surface area contributed by atoms with Crippen molar-refractivity contribution in [2.45, 2.75) is 45.0 Å². The third-order valence-electron chi connectivity index (χ3n) is 2.96. The Morgan fingerprint density at radius 3 is 2.17 bits per heavy atom. The third-order valence-corrected chi connectivity index (χ3v) is 2.96. The van der Waals surface area contributed by atoms with Crippen LogP contribution in [0.1, 0.15) is 26.7 Å². The summed E-state index contributed by atoms with van der Waals surface area (Å²) in [7, 11) is 0. The summed E-state index contributed by atoms with van der Waals surface area (Å²) in [6, 6.07) is 2.12. The maximum absolute atomic E-state index is 13.6. The van der Waals surface area contributed by atoms with E-state index in [1.54, 1.807) is 0 Å². The average molecular weight is 257 g/mol. The SMILES string of the molecule is CC1CC(Oc2c(F)cc(N)cc2F)CC(C)O1. The van der Waals surface area contributed by atoms with Crippen LogP contribution in [0.5, 0.6) is 5.75 Å². The van der Waals surface area contributed by atoms with Crippen LogP contribution in [0.15, 0.2) is 12.1 Å². The summed E-state index contributed by atoms with van der Waals surface area (Å²) in [5.74, 6) is -1.88. The lowest BCUT2D eigenvalue weighted by atomic mass is 10.0. The number of hydrogen-bond acceptors (Lipinski definition) is 3. The predicted octanol–water partition coefficient (Wildman–Crippen LogP) is 2.88. The highest BCUT2D eigenvalue weighted by Gasteiger charge is 2.27. The van der Waals surface area contributed by atoms with Crippen LogP contribution in [-0.2, 0) is 4.74 Å². The van der Waals surface area contributed by atoms with E-state index in [2.05, 4.69) is 0 Å². The fourth-order valence-corrected chi connectivity index (χ4v) is 2.30. The lowest BCUT2D eigenvalue weighted by Gasteiger charge is -2.32. The summed E-state index contributed by atoms with van der Waals surface area (Å²) in [4.78, 5) is 0. The second kappa shape index (κ2) is 5.10. The number of nitrogens with two attached hydrogens (primary N) is 1. The van der Waals surface area contributed by atoms with Crippen LogP contribution in [0.3, 0.4) is 0 Å². The van der Waals surface area contributed by atoms with Crippen LogP contribution < -0.4 is 10.5 Å². The van der Waals surface area contributed by atoms with Gasteiger partial charge in [-0.05, 0) is 13.8 Å². The van der Waals surface area contributed by atoms with Crippen molar-refractivity contribution < 1.29 is 18.3 Å². The largest absolute Gasteiger partial charge is 0.484 e. The molecule has 1 aliphatic heterocycles. The highest BCUT2D eigenvalue weighted by atomic mass is 19.1. The minimum Gasteiger partial charge on any atom is -0.484 e. The summed E-state index contributed by atoms with van der Waals surface area (Å²) in [6.07, 6.45) is 1.05. The molecule has 2 unspecified atom stereocenters. The molecule has 0 spiro atoms. The molecular formula is C13H17F2NO2. The second-order valence-corrected chi connectivity index (χ2v) is 4.78. The van der Waals surface area contributed by atoms with Gasteiger partial charge in [-0.3, -0.25) is 0 Å². The summed E-state index contributed by atoms with van der Waals surface area (Å²) in [5.41, 5.74) is 5.40. The van der Waals surface area contributed by atoms with Crippen molar-refractivity contribution in [2.24, 2.45) is 0 Å². The van der Waals surface area contributed by atoms with Gasteiger partial charge in [-0.25, -0.2) is 8.78 Å². The molecule has 2 atom stereocenters. The first-order valence-electron chi connectivity index (χ1n) is 6.02. The summed E-state index contributed by atoms with van der Waals surface area (Å²) < 4.78 is 38.1. The fourth-order valence-electron chi connectivity index (χ4n) is 2.30. The lowest BCUT2D eigenvalue weighted by Crippen LogP contribution is -2.36. The maximum atomic E-state index is 13.6. The van der Waals surface area contributed by atoms with Gasteiger partial charge in [0.15, 0.2) is 17.4 Å². The fraction of sp³-hybridized carbons (Fsp3) is 0.538. The zero-order valence-corrected chi connectivity index (χ0v) is 10.5. The van der Waals surface area contributed by atoms with E-state index >= 15 is 0 Å². The van der Waals surface area contributed by atoms with Crippen molar-refractivity contribution in [1.82, 2.24) is 0 Å². The van der Waals surface area contributed by atoms with Crippen molar-refractivity contribution in [3.63, 3.8) is 0 Å². The quantitative estimate of drug-likeness (QED) is 0.828. The molecule has 2 rings (SSSR count). The number of ether oxygens (including phenoxy) is 2. The van der Waals surface area contributed by atoms with Crippen LogP contribution >= 0.6 is 0 Å². The number of halogens is 2. The third kappa shape index (κ3) is 2.90. The van der Waals surface area contributed by atoms with Crippen LogP contribution in [0.4, 0.5) is 14.5 Å². The number of benzene rings is 1. The van der Waals surface area contributed by atoms with E-state index in [1.807, 2.05) is 13.8 Å². The minimum absolute atomic E-state index is 0.0265. The molecule has 1 saturated heterocycles. The smallest absolute Gasteiger partial charge is 0.191 e. The van der Waals surface area contributed by atoms with E-state index in [9.17, 15) is 8.78 Å². The molecular weight excluding hydrogens is 240 g/mol. The second-order valence-electron chi connectivity index (χ2n) is 4.78. The Kier molecular flexibility index (Phi) is 3.71. The summed E-state index contributed by atoms with van der Waals surface area (Å²) in [6.45, 7) is 3.84. The Bertz CT molecular complexity index is 406. The summed E-state index contributed by atoms with van der Waals surface area (Å²) >= 11 is 0. The number of nitrogen functional groups attached to an aromatic ring is 1. The van der Waals surface area contributed by atoms with Gasteiger partial charge in [0.25, 0.3) is 0 Å². The van der Waals surface area contributed by atoms with Crippen molar-refractivity contribution >= 4 is 5.69 Å². The lowest BCUT2D eigenvalue weighted by molar-refractivity contribution is -0.0734. The molecule has 0 amide bonds. The van der Waals surface area contributed by atoms with Gasteiger partial charge < -0.3 is 15.2 Å². The Hall–Kier alpha value is -1.36. The highest BCUT2D eigenvalue weighted by Crippen LogP contribution is 2.29. The molecule has 5 heteroatoms. The van der Waals surface area contributed by atoms with E-state index < -0.39 is 11.6 Å². The van der Waals surface area contributed by atoms with E-state index in [1.165, 1.54) is 0 Å². The average Bonchev–Trinajstić information content (AvgIpc) is 2.22. The zero-order valence-electron chi connectivity index (χ0n) is 10.5. The van der Waals surface area contributed by atoms with E-state index in [-0.39, 0.29) is 29.7 Å². The Morgan fingerprint density at radius 1 is 1.17 bits per heavy atom. The molecule has 1 aliphatic rings. The standard InChI is InChI=1S/C13H17F2NO2/c1-7-3-10(4-8(2)17-7)18-13-11(14)5-9(16)6-12(13)15/h5-8,10H,3-4,16H2,1-2H3. The zero-order chi connectivity index (χ0) is 13.3. The maximum Gasteiger partial charge on any atom is 0.191 e.